The molecule has 0 aromatic heterocycles. The van der Waals surface area contributed by atoms with Crippen molar-refractivity contribution in [2.45, 2.75) is 56.7 Å². The second-order valence-electron chi connectivity index (χ2n) is 11.4. The van der Waals surface area contributed by atoms with E-state index in [-0.39, 0.29) is 19.1 Å². The highest BCUT2D eigenvalue weighted by atomic mass is 16.5. The lowest BCUT2D eigenvalue weighted by Crippen LogP contribution is -2.60. The maximum Gasteiger partial charge on any atom is 0.407 e. The largest absolute Gasteiger partial charge is 0.479 e. The van der Waals surface area contributed by atoms with Gasteiger partial charge >= 0.3 is 12.1 Å². The van der Waals surface area contributed by atoms with E-state index in [1.54, 1.807) is 0 Å². The molecule has 1 fully saturated rings. The Morgan fingerprint density at radius 2 is 1.62 bits per heavy atom. The molecule has 2 unspecified atom stereocenters. The fourth-order valence-electron chi connectivity index (χ4n) is 6.63. The Bertz CT molecular complexity index is 1380. The van der Waals surface area contributed by atoms with E-state index in [9.17, 15) is 19.5 Å². The Hall–Kier alpha value is -4.17. The van der Waals surface area contributed by atoms with Crippen LogP contribution < -0.4 is 5.32 Å². The van der Waals surface area contributed by atoms with Gasteiger partial charge in [-0.3, -0.25) is 9.69 Å². The van der Waals surface area contributed by atoms with E-state index in [2.05, 4.69) is 29.6 Å². The molecule has 0 bridgehead atoms. The molecule has 2 atom stereocenters. The van der Waals surface area contributed by atoms with Crippen LogP contribution in [0.15, 0.2) is 78.9 Å². The molecule has 220 valence electrons. The number of nitrogens with one attached hydrogen (secondary N) is 1. The number of likely N-dealkylation sites (tertiary alicyclic amines) is 1. The minimum Gasteiger partial charge on any atom is -0.479 e. The van der Waals surface area contributed by atoms with Gasteiger partial charge < -0.3 is 20.1 Å². The summed E-state index contributed by atoms with van der Waals surface area (Å²) in [5.41, 5.74) is 4.28. The number of nitrogens with zero attached hydrogens (tertiary/aromatic N) is 2. The summed E-state index contributed by atoms with van der Waals surface area (Å²) in [6.07, 6.45) is 1.31. The van der Waals surface area contributed by atoms with Crippen LogP contribution >= 0.6 is 0 Å². The van der Waals surface area contributed by atoms with Crippen LogP contribution in [0.5, 0.6) is 0 Å². The second-order valence-corrected chi connectivity index (χ2v) is 11.4. The molecule has 1 heterocycles. The first-order valence-corrected chi connectivity index (χ1v) is 14.7. The minimum atomic E-state index is -1.26. The van der Waals surface area contributed by atoms with Gasteiger partial charge in [0.05, 0.1) is 0 Å². The van der Waals surface area contributed by atoms with Gasteiger partial charge in [-0.25, -0.2) is 9.59 Å². The number of amides is 2. The average molecular weight is 570 g/mol. The van der Waals surface area contributed by atoms with E-state index in [4.69, 9.17) is 4.74 Å². The van der Waals surface area contributed by atoms with Gasteiger partial charge in [-0.1, -0.05) is 92.2 Å². The Morgan fingerprint density at radius 3 is 2.24 bits per heavy atom. The van der Waals surface area contributed by atoms with E-state index in [0.717, 1.165) is 27.8 Å². The Labute approximate surface area is 247 Å². The quantitative estimate of drug-likeness (QED) is 0.326. The normalized spacial score (nSPS) is 18.4. The van der Waals surface area contributed by atoms with Crippen molar-refractivity contribution in [2.75, 3.05) is 26.7 Å². The molecule has 8 nitrogen and oxygen atoms in total. The molecule has 1 aliphatic carbocycles. The molecule has 3 aromatic rings. The molecule has 1 aliphatic heterocycles. The zero-order valence-electron chi connectivity index (χ0n) is 24.3. The summed E-state index contributed by atoms with van der Waals surface area (Å²) in [5.74, 6) is -1.50. The van der Waals surface area contributed by atoms with Crippen LogP contribution in [-0.2, 0) is 20.9 Å². The molecule has 0 saturated carbocycles. The van der Waals surface area contributed by atoms with Crippen molar-refractivity contribution in [3.05, 3.63) is 95.6 Å². The van der Waals surface area contributed by atoms with Crippen LogP contribution in [0, 0.1) is 0 Å². The monoisotopic (exact) mass is 569 g/mol. The highest BCUT2D eigenvalue weighted by molar-refractivity contribution is 5.92. The number of carboxylic acid groups (broad SMARTS) is 1. The topological polar surface area (TPSA) is 99.2 Å². The lowest BCUT2D eigenvalue weighted by atomic mass is 9.90. The predicted octanol–water partition coefficient (Wildman–Crippen LogP) is 5.27. The first-order chi connectivity index (χ1) is 20.3. The lowest BCUT2D eigenvalue weighted by molar-refractivity contribution is -0.158. The van der Waals surface area contributed by atoms with Crippen LogP contribution in [0.2, 0.25) is 0 Å². The van der Waals surface area contributed by atoms with Gasteiger partial charge in [0.25, 0.3) is 0 Å². The number of hydrogen-bond acceptors (Lipinski definition) is 5. The molecule has 0 spiro atoms. The lowest BCUT2D eigenvalue weighted by Gasteiger charge is -2.37. The number of likely N-dealkylation sites (N-methyl/N-ethyl adjacent to an activating group) is 1. The standard InChI is InChI=1S/C34H39N3O5/c1-3-18-34(32(39)40)19-11-20-37(34)31(38)30(22-36(2)21-24-12-5-4-6-13-24)35-33(41)42-23-29-27-16-9-7-14-25(27)26-15-8-10-17-28(26)29/h4-10,12-17,29-30H,3,11,18-23H2,1-2H3,(H,35,41)(H,39,40). The van der Waals surface area contributed by atoms with Crippen molar-refractivity contribution < 1.29 is 24.2 Å². The summed E-state index contributed by atoms with van der Waals surface area (Å²) in [7, 11) is 1.88. The zero-order chi connectivity index (χ0) is 29.7. The van der Waals surface area contributed by atoms with Gasteiger partial charge in [0.2, 0.25) is 5.91 Å². The zero-order valence-corrected chi connectivity index (χ0v) is 24.3. The van der Waals surface area contributed by atoms with Crippen LogP contribution in [0.4, 0.5) is 4.79 Å². The molecular formula is C34H39N3O5. The van der Waals surface area contributed by atoms with Crippen LogP contribution in [0.3, 0.4) is 0 Å². The van der Waals surface area contributed by atoms with Gasteiger partial charge in [-0.15, -0.1) is 0 Å². The summed E-state index contributed by atoms with van der Waals surface area (Å²) >= 11 is 0. The second kappa shape index (κ2) is 12.8. The fraction of sp³-hybridized carbons (Fsp3) is 0.382. The number of rotatable bonds is 11. The van der Waals surface area contributed by atoms with E-state index in [1.807, 2.05) is 73.5 Å². The molecule has 1 saturated heterocycles. The first-order valence-electron chi connectivity index (χ1n) is 14.7. The summed E-state index contributed by atoms with van der Waals surface area (Å²) in [5, 5.41) is 13.0. The third-order valence-corrected chi connectivity index (χ3v) is 8.54. The van der Waals surface area contributed by atoms with E-state index < -0.39 is 29.6 Å². The maximum atomic E-state index is 14.0. The predicted molar refractivity (Wildman–Crippen MR) is 161 cm³/mol. The highest BCUT2D eigenvalue weighted by Gasteiger charge is 2.50. The molecular weight excluding hydrogens is 530 g/mol. The number of fused-ring (bicyclic) bond motifs is 3. The van der Waals surface area contributed by atoms with Crippen molar-refractivity contribution in [2.24, 2.45) is 0 Å². The van der Waals surface area contributed by atoms with Crippen LogP contribution in [-0.4, -0.2) is 71.2 Å². The van der Waals surface area contributed by atoms with E-state index in [0.29, 0.717) is 38.8 Å². The number of aliphatic carboxylic acids is 1. The van der Waals surface area contributed by atoms with Gasteiger partial charge in [-0.05, 0) is 54.1 Å². The van der Waals surface area contributed by atoms with Crippen LogP contribution in [0.1, 0.15) is 55.2 Å². The molecule has 42 heavy (non-hydrogen) atoms. The molecule has 2 N–H and O–H groups in total. The number of benzene rings is 3. The SMILES string of the molecule is CCCC1(C(=O)O)CCCN1C(=O)C(CN(C)Cc1ccccc1)NC(=O)OCC1c2ccccc2-c2ccccc21. The van der Waals surface area contributed by atoms with Crippen molar-refractivity contribution in [3.63, 3.8) is 0 Å². The molecule has 5 rings (SSSR count). The number of carboxylic acids is 1. The molecule has 3 aromatic carbocycles. The van der Waals surface area contributed by atoms with Gasteiger partial charge in [0.1, 0.15) is 18.2 Å². The molecule has 0 radical (unpaired) electrons. The molecule has 2 amide bonds. The molecule has 2 aliphatic rings. The first kappa shape index (κ1) is 29.3. The van der Waals surface area contributed by atoms with Crippen molar-refractivity contribution >= 4 is 18.0 Å². The Morgan fingerprint density at radius 1 is 1.00 bits per heavy atom. The Balaban J connectivity index is 1.33. The minimum absolute atomic E-state index is 0.110. The maximum absolute atomic E-state index is 14.0. The number of carbonyl (C=O) groups excluding carboxylic acids is 2. The smallest absolute Gasteiger partial charge is 0.407 e. The van der Waals surface area contributed by atoms with Gasteiger partial charge in [0.15, 0.2) is 0 Å². The number of carbonyl (C=O) groups is 3. The van der Waals surface area contributed by atoms with Crippen molar-refractivity contribution in [1.29, 1.82) is 0 Å². The highest BCUT2D eigenvalue weighted by Crippen LogP contribution is 2.44. The number of hydrogen-bond donors (Lipinski definition) is 2. The van der Waals surface area contributed by atoms with E-state index in [1.165, 1.54) is 4.90 Å². The summed E-state index contributed by atoms with van der Waals surface area (Å²) in [6.45, 7) is 3.16. The average Bonchev–Trinajstić information content (AvgIpc) is 3.56. The molecule has 8 heteroatoms. The van der Waals surface area contributed by atoms with E-state index >= 15 is 0 Å². The third kappa shape index (κ3) is 5.90. The van der Waals surface area contributed by atoms with Gasteiger partial charge in [-0.2, -0.15) is 0 Å². The Kier molecular flexibility index (Phi) is 8.92. The van der Waals surface area contributed by atoms with Crippen LogP contribution in [0.25, 0.3) is 11.1 Å². The van der Waals surface area contributed by atoms with Crippen molar-refractivity contribution in [3.8, 4) is 11.1 Å². The number of ether oxygens (including phenoxy) is 1. The summed E-state index contributed by atoms with van der Waals surface area (Å²) in [4.78, 5) is 43.2. The summed E-state index contributed by atoms with van der Waals surface area (Å²) in [6, 6.07) is 25.1. The fourth-order valence-corrected chi connectivity index (χ4v) is 6.63. The number of alkyl carbamates (subject to hydrolysis) is 1. The van der Waals surface area contributed by atoms with Gasteiger partial charge in [0, 0.05) is 25.6 Å². The van der Waals surface area contributed by atoms with Crippen molar-refractivity contribution in [1.82, 2.24) is 15.1 Å². The third-order valence-electron chi connectivity index (χ3n) is 8.54. The summed E-state index contributed by atoms with van der Waals surface area (Å²) < 4.78 is 5.77.